The van der Waals surface area contributed by atoms with Gasteiger partial charge >= 0.3 is 12.6 Å². The first kappa shape index (κ1) is 14.5. The summed E-state index contributed by atoms with van der Waals surface area (Å²) in [5, 5.41) is -1.90. The van der Waals surface area contributed by atoms with Gasteiger partial charge in [0.15, 0.2) is 0 Å². The largest absolute Gasteiger partial charge is 0.490 e. The van der Waals surface area contributed by atoms with Gasteiger partial charge in [0.25, 0.3) is 0 Å². The van der Waals surface area contributed by atoms with Gasteiger partial charge in [-0.15, -0.1) is 0 Å². The van der Waals surface area contributed by atoms with Crippen molar-refractivity contribution in [1.82, 2.24) is 5.06 Å². The van der Waals surface area contributed by atoms with Crippen molar-refractivity contribution in [2.75, 3.05) is 6.61 Å². The van der Waals surface area contributed by atoms with E-state index in [1.807, 2.05) is 0 Å². The fourth-order valence-electron chi connectivity index (χ4n) is 0.548. The lowest BCUT2D eigenvalue weighted by atomic mass is 9.99. The highest BCUT2D eigenvalue weighted by Gasteiger charge is 2.56. The van der Waals surface area contributed by atoms with E-state index in [4.69, 9.17) is 0 Å². The van der Waals surface area contributed by atoms with E-state index in [-0.39, 0.29) is 0 Å². The third-order valence-electron chi connectivity index (χ3n) is 1.09. The Hall–Kier alpha value is -0.500. The highest BCUT2D eigenvalue weighted by atomic mass is 19.4. The van der Waals surface area contributed by atoms with E-state index in [9.17, 15) is 26.3 Å². The van der Waals surface area contributed by atoms with Crippen molar-refractivity contribution in [2.45, 2.75) is 33.4 Å². The Bertz CT molecular complexity index is 189. The second-order valence-corrected chi connectivity index (χ2v) is 4.06. The molecule has 0 saturated carbocycles. The summed E-state index contributed by atoms with van der Waals surface area (Å²) in [5.41, 5.74) is -0.797. The molecule has 15 heavy (non-hydrogen) atoms. The number of hydroxylamine groups is 2. The summed E-state index contributed by atoms with van der Waals surface area (Å²) in [6, 6.07) is 0. The van der Waals surface area contributed by atoms with Gasteiger partial charge < -0.3 is 0 Å². The summed E-state index contributed by atoms with van der Waals surface area (Å²) in [7, 11) is 0. The highest BCUT2D eigenvalue weighted by molar-refractivity contribution is 4.60. The normalized spacial score (nSPS) is 14.8. The third kappa shape index (κ3) is 5.83. The molecule has 0 aromatic heterocycles. The van der Waals surface area contributed by atoms with Gasteiger partial charge in [-0.25, -0.2) is 0 Å². The Morgan fingerprint density at radius 2 is 1.20 bits per heavy atom. The molecule has 0 unspecified atom stereocenters. The van der Waals surface area contributed by atoms with Crippen LogP contribution in [0.15, 0.2) is 0 Å². The topological polar surface area (TPSA) is 12.5 Å². The van der Waals surface area contributed by atoms with Gasteiger partial charge in [0.1, 0.15) is 0 Å². The minimum Gasteiger partial charge on any atom is -0.284 e. The van der Waals surface area contributed by atoms with Crippen LogP contribution in [0.1, 0.15) is 20.8 Å². The molecule has 0 amide bonds. The van der Waals surface area contributed by atoms with Crippen molar-refractivity contribution in [3.63, 3.8) is 0 Å². The monoisotopic (exact) mass is 239 g/mol. The quantitative estimate of drug-likeness (QED) is 0.416. The first-order valence-corrected chi connectivity index (χ1v) is 3.91. The Kier molecular flexibility index (Phi) is 4.03. The zero-order valence-corrected chi connectivity index (χ0v) is 8.33. The Morgan fingerprint density at radius 3 is 1.40 bits per heavy atom. The zero-order chi connectivity index (χ0) is 12.5. The van der Waals surface area contributed by atoms with Crippen LogP contribution in [0.5, 0.6) is 0 Å². The minimum atomic E-state index is -5.59. The zero-order valence-electron chi connectivity index (χ0n) is 8.33. The molecule has 0 atom stereocenters. The molecule has 92 valence electrons. The molecule has 0 fully saturated rings. The predicted octanol–water partition coefficient (Wildman–Crippen LogP) is 3.31. The molecule has 0 radical (unpaired) electrons. The van der Waals surface area contributed by atoms with Crippen LogP contribution >= 0.6 is 0 Å². The number of hydrogen-bond donors (Lipinski definition) is 0. The maximum absolute atomic E-state index is 11.9. The molecule has 0 rings (SSSR count). The number of halogens is 6. The fraction of sp³-hybridized carbons (Fsp3) is 1.00. The third-order valence-corrected chi connectivity index (χ3v) is 1.09. The Labute approximate surface area is 82.7 Å². The van der Waals surface area contributed by atoms with Crippen molar-refractivity contribution >= 4 is 0 Å². The molecule has 0 aliphatic heterocycles. The van der Waals surface area contributed by atoms with Gasteiger partial charge in [-0.05, 0) is 5.41 Å². The van der Waals surface area contributed by atoms with Gasteiger partial charge in [0.05, 0.1) is 6.61 Å². The molecule has 0 aromatic rings. The lowest BCUT2D eigenvalue weighted by Gasteiger charge is -2.28. The van der Waals surface area contributed by atoms with E-state index in [0.29, 0.717) is 0 Å². The smallest absolute Gasteiger partial charge is 0.284 e. The van der Waals surface area contributed by atoms with Crippen LogP contribution in [0.3, 0.4) is 0 Å². The number of rotatable bonds is 2. The molecule has 0 heterocycles. The lowest BCUT2D eigenvalue weighted by Crippen LogP contribution is -2.48. The van der Waals surface area contributed by atoms with Gasteiger partial charge in [0, 0.05) is 5.06 Å². The van der Waals surface area contributed by atoms with Crippen molar-refractivity contribution in [1.29, 1.82) is 0 Å². The van der Waals surface area contributed by atoms with Crippen molar-refractivity contribution in [2.24, 2.45) is 5.41 Å². The summed E-state index contributed by atoms with van der Waals surface area (Å²) in [6.07, 6.45) is -11.2. The van der Waals surface area contributed by atoms with Crippen LogP contribution < -0.4 is 0 Å². The van der Waals surface area contributed by atoms with Gasteiger partial charge in [-0.2, -0.15) is 26.3 Å². The standard InChI is InChI=1S/C7H11F6NO/c1-5(2,3)4-15-14(6(8,9)10)7(11,12)13/h4H2,1-3H3. The van der Waals surface area contributed by atoms with E-state index >= 15 is 0 Å². The highest BCUT2D eigenvalue weighted by Crippen LogP contribution is 2.34. The van der Waals surface area contributed by atoms with Crippen LogP contribution in [-0.2, 0) is 4.84 Å². The molecule has 0 bridgehead atoms. The summed E-state index contributed by atoms with van der Waals surface area (Å²) in [6.45, 7) is 3.68. The number of hydrogen-bond acceptors (Lipinski definition) is 2. The molecule has 0 N–H and O–H groups in total. The summed E-state index contributed by atoms with van der Waals surface area (Å²) in [5.74, 6) is 0. The summed E-state index contributed by atoms with van der Waals surface area (Å²) >= 11 is 0. The molecule has 8 heteroatoms. The van der Waals surface area contributed by atoms with Crippen LogP contribution in [0.4, 0.5) is 26.3 Å². The van der Waals surface area contributed by atoms with Crippen LogP contribution in [-0.4, -0.2) is 24.3 Å². The van der Waals surface area contributed by atoms with E-state index in [1.54, 1.807) is 0 Å². The van der Waals surface area contributed by atoms with Crippen LogP contribution in [0.2, 0.25) is 0 Å². The first-order valence-electron chi connectivity index (χ1n) is 3.91. The van der Waals surface area contributed by atoms with Crippen molar-refractivity contribution in [3.05, 3.63) is 0 Å². The van der Waals surface area contributed by atoms with Crippen molar-refractivity contribution < 1.29 is 31.2 Å². The number of alkyl halides is 6. The van der Waals surface area contributed by atoms with E-state index in [1.165, 1.54) is 20.8 Å². The number of nitrogens with zero attached hydrogens (tertiary/aromatic N) is 1. The maximum atomic E-state index is 11.9. The minimum absolute atomic E-state index is 0.688. The van der Waals surface area contributed by atoms with E-state index in [0.717, 1.165) is 0 Å². The fourth-order valence-corrected chi connectivity index (χ4v) is 0.548. The molecule has 2 nitrogen and oxygen atoms in total. The molecule has 0 aliphatic carbocycles. The average Bonchev–Trinajstić information content (AvgIpc) is 1.75. The SMILES string of the molecule is CC(C)(C)CON(C(F)(F)F)C(F)(F)F. The van der Waals surface area contributed by atoms with E-state index < -0.39 is 29.7 Å². The molecular weight excluding hydrogens is 228 g/mol. The summed E-state index contributed by atoms with van der Waals surface area (Å²) in [4.78, 5) is 3.72. The maximum Gasteiger partial charge on any atom is 0.490 e. The first-order chi connectivity index (χ1) is 6.34. The Balaban J connectivity index is 4.56. The van der Waals surface area contributed by atoms with Gasteiger partial charge in [-0.3, -0.25) is 4.84 Å². The van der Waals surface area contributed by atoms with Crippen LogP contribution in [0, 0.1) is 5.41 Å². The second kappa shape index (κ2) is 4.17. The lowest BCUT2D eigenvalue weighted by molar-refractivity contribution is -0.485. The molecule has 0 saturated heterocycles. The Morgan fingerprint density at radius 1 is 0.867 bits per heavy atom. The van der Waals surface area contributed by atoms with Crippen molar-refractivity contribution in [3.8, 4) is 0 Å². The molecular formula is C7H11F6NO. The molecule has 0 spiro atoms. The van der Waals surface area contributed by atoms with Crippen LogP contribution in [0.25, 0.3) is 0 Å². The van der Waals surface area contributed by atoms with E-state index in [2.05, 4.69) is 4.84 Å². The second-order valence-electron chi connectivity index (χ2n) is 4.06. The van der Waals surface area contributed by atoms with Gasteiger partial charge in [0.2, 0.25) is 0 Å². The average molecular weight is 239 g/mol. The predicted molar refractivity (Wildman–Crippen MR) is 39.4 cm³/mol. The summed E-state index contributed by atoms with van der Waals surface area (Å²) < 4.78 is 71.2. The molecule has 0 aromatic carbocycles. The molecule has 0 aliphatic rings. The van der Waals surface area contributed by atoms with Gasteiger partial charge in [-0.1, -0.05) is 20.8 Å².